The molecule has 4 heteroatoms. The van der Waals surface area contributed by atoms with Crippen LogP contribution in [0.1, 0.15) is 31.4 Å². The van der Waals surface area contributed by atoms with Crippen molar-refractivity contribution in [3.8, 4) is 11.3 Å². The predicted molar refractivity (Wildman–Crippen MR) is 74.6 cm³/mol. The Labute approximate surface area is 112 Å². The highest BCUT2D eigenvalue weighted by Gasteiger charge is 2.19. The molecule has 1 aromatic heterocycles. The van der Waals surface area contributed by atoms with Crippen LogP contribution in [-0.4, -0.2) is 26.7 Å². The first kappa shape index (κ1) is 11.8. The van der Waals surface area contributed by atoms with Gasteiger partial charge in [-0.15, -0.1) is 0 Å². The van der Waals surface area contributed by atoms with Crippen LogP contribution in [0, 0.1) is 0 Å². The van der Waals surface area contributed by atoms with Crippen molar-refractivity contribution in [3.63, 3.8) is 0 Å². The zero-order valence-electron chi connectivity index (χ0n) is 10.5. The molecule has 0 amide bonds. The van der Waals surface area contributed by atoms with E-state index in [1.807, 2.05) is 6.20 Å². The number of rotatable bonds is 3. The third-order valence-electron chi connectivity index (χ3n) is 3.71. The standard InChI is InChI=1S/C14H17N3S/c1-11(17-7-2-3-8-17)12-5-4-6-13(9-12)14-10-15-18-16-14/h4-6,9-11H,2-3,7-8H2,1H3/t11-/m0/s1. The van der Waals surface area contributed by atoms with Gasteiger partial charge in [0, 0.05) is 11.6 Å². The highest BCUT2D eigenvalue weighted by atomic mass is 32.1. The monoisotopic (exact) mass is 259 g/mol. The van der Waals surface area contributed by atoms with Gasteiger partial charge in [0.15, 0.2) is 0 Å². The number of hydrogen-bond acceptors (Lipinski definition) is 4. The van der Waals surface area contributed by atoms with Crippen LogP contribution in [0.3, 0.4) is 0 Å². The number of aromatic nitrogens is 2. The smallest absolute Gasteiger partial charge is 0.104 e. The van der Waals surface area contributed by atoms with E-state index in [4.69, 9.17) is 0 Å². The summed E-state index contributed by atoms with van der Waals surface area (Å²) < 4.78 is 8.37. The maximum atomic E-state index is 4.30. The van der Waals surface area contributed by atoms with Gasteiger partial charge < -0.3 is 0 Å². The minimum atomic E-state index is 0.499. The van der Waals surface area contributed by atoms with E-state index in [1.54, 1.807) is 0 Å². The zero-order valence-corrected chi connectivity index (χ0v) is 11.4. The molecule has 0 N–H and O–H groups in total. The summed E-state index contributed by atoms with van der Waals surface area (Å²) in [5, 5.41) is 0. The van der Waals surface area contributed by atoms with Crippen molar-refractivity contribution < 1.29 is 0 Å². The van der Waals surface area contributed by atoms with E-state index < -0.39 is 0 Å². The van der Waals surface area contributed by atoms with Gasteiger partial charge in [-0.25, -0.2) is 0 Å². The fourth-order valence-corrected chi connectivity index (χ4v) is 3.02. The molecule has 0 aliphatic carbocycles. The molecule has 0 radical (unpaired) electrons. The van der Waals surface area contributed by atoms with Crippen LogP contribution in [0.2, 0.25) is 0 Å². The van der Waals surface area contributed by atoms with Gasteiger partial charge in [-0.05, 0) is 44.5 Å². The molecule has 1 atom stereocenters. The average molecular weight is 259 g/mol. The summed E-state index contributed by atoms with van der Waals surface area (Å²) in [6.45, 7) is 4.75. The first-order valence-corrected chi connectivity index (χ1v) is 7.19. The zero-order chi connectivity index (χ0) is 12.4. The highest BCUT2D eigenvalue weighted by molar-refractivity contribution is 6.99. The second-order valence-electron chi connectivity index (χ2n) is 4.84. The Morgan fingerprint density at radius 3 is 2.83 bits per heavy atom. The third-order valence-corrected chi connectivity index (χ3v) is 4.19. The molecule has 2 heterocycles. The first-order chi connectivity index (χ1) is 8.84. The van der Waals surface area contributed by atoms with Gasteiger partial charge in [-0.1, -0.05) is 18.2 Å². The Morgan fingerprint density at radius 2 is 2.11 bits per heavy atom. The maximum Gasteiger partial charge on any atom is 0.104 e. The van der Waals surface area contributed by atoms with Crippen LogP contribution in [-0.2, 0) is 0 Å². The lowest BCUT2D eigenvalue weighted by molar-refractivity contribution is 0.263. The molecule has 3 nitrogen and oxygen atoms in total. The Kier molecular flexibility index (Phi) is 3.39. The molecular weight excluding hydrogens is 242 g/mol. The van der Waals surface area contributed by atoms with Crippen LogP contribution >= 0.6 is 11.7 Å². The molecule has 1 fully saturated rings. The Balaban J connectivity index is 1.86. The van der Waals surface area contributed by atoms with E-state index >= 15 is 0 Å². The molecule has 1 aliphatic heterocycles. The number of nitrogens with zero attached hydrogens (tertiary/aromatic N) is 3. The minimum absolute atomic E-state index is 0.499. The number of benzene rings is 1. The van der Waals surface area contributed by atoms with E-state index in [1.165, 1.54) is 48.8 Å². The summed E-state index contributed by atoms with van der Waals surface area (Å²) in [4.78, 5) is 2.55. The molecule has 0 unspecified atom stereocenters. The van der Waals surface area contributed by atoms with E-state index in [-0.39, 0.29) is 0 Å². The Hall–Kier alpha value is -1.26. The van der Waals surface area contributed by atoms with Crippen molar-refractivity contribution >= 4 is 11.7 Å². The summed E-state index contributed by atoms with van der Waals surface area (Å²) >= 11 is 1.26. The lowest BCUT2D eigenvalue weighted by Gasteiger charge is -2.24. The molecule has 1 aromatic carbocycles. The Bertz CT molecular complexity index is 504. The molecule has 18 heavy (non-hydrogen) atoms. The van der Waals surface area contributed by atoms with E-state index in [0.717, 1.165) is 5.69 Å². The number of likely N-dealkylation sites (tertiary alicyclic amines) is 1. The molecule has 94 valence electrons. The van der Waals surface area contributed by atoms with Crippen molar-refractivity contribution in [2.75, 3.05) is 13.1 Å². The molecule has 0 spiro atoms. The van der Waals surface area contributed by atoms with Crippen LogP contribution in [0.15, 0.2) is 30.5 Å². The summed E-state index contributed by atoms with van der Waals surface area (Å²) in [6.07, 6.45) is 4.50. The minimum Gasteiger partial charge on any atom is -0.297 e. The summed E-state index contributed by atoms with van der Waals surface area (Å²) in [5.41, 5.74) is 3.53. The third kappa shape index (κ3) is 2.31. The largest absolute Gasteiger partial charge is 0.297 e. The molecule has 3 rings (SSSR count). The van der Waals surface area contributed by atoms with Crippen molar-refractivity contribution in [1.82, 2.24) is 13.6 Å². The van der Waals surface area contributed by atoms with Gasteiger partial charge in [0.25, 0.3) is 0 Å². The van der Waals surface area contributed by atoms with Crippen LogP contribution < -0.4 is 0 Å². The van der Waals surface area contributed by atoms with Crippen molar-refractivity contribution in [2.24, 2.45) is 0 Å². The Morgan fingerprint density at radius 1 is 1.28 bits per heavy atom. The van der Waals surface area contributed by atoms with Gasteiger partial charge in [0.2, 0.25) is 0 Å². The molecule has 2 aromatic rings. The van der Waals surface area contributed by atoms with E-state index in [2.05, 4.69) is 44.8 Å². The van der Waals surface area contributed by atoms with Crippen molar-refractivity contribution in [3.05, 3.63) is 36.0 Å². The van der Waals surface area contributed by atoms with Crippen LogP contribution in [0.25, 0.3) is 11.3 Å². The molecule has 0 bridgehead atoms. The molecule has 1 saturated heterocycles. The van der Waals surface area contributed by atoms with Gasteiger partial charge in [-0.3, -0.25) is 4.90 Å². The van der Waals surface area contributed by atoms with Gasteiger partial charge >= 0.3 is 0 Å². The van der Waals surface area contributed by atoms with Crippen LogP contribution in [0.5, 0.6) is 0 Å². The van der Waals surface area contributed by atoms with Crippen LogP contribution in [0.4, 0.5) is 0 Å². The normalized spacial score (nSPS) is 18.1. The topological polar surface area (TPSA) is 29.0 Å². The SMILES string of the molecule is C[C@@H](c1cccc(-c2cnsn2)c1)N1CCCC1. The lowest BCUT2D eigenvalue weighted by atomic mass is 10.0. The molecule has 1 aliphatic rings. The van der Waals surface area contributed by atoms with Crippen molar-refractivity contribution in [1.29, 1.82) is 0 Å². The van der Waals surface area contributed by atoms with Gasteiger partial charge in [0.05, 0.1) is 17.9 Å². The number of hydrogen-bond donors (Lipinski definition) is 0. The van der Waals surface area contributed by atoms with E-state index in [0.29, 0.717) is 6.04 Å². The molecular formula is C14H17N3S. The quantitative estimate of drug-likeness (QED) is 0.846. The van der Waals surface area contributed by atoms with Crippen molar-refractivity contribution in [2.45, 2.75) is 25.8 Å². The summed E-state index contributed by atoms with van der Waals surface area (Å²) in [7, 11) is 0. The average Bonchev–Trinajstić information content (AvgIpc) is 3.11. The van der Waals surface area contributed by atoms with E-state index in [9.17, 15) is 0 Å². The maximum absolute atomic E-state index is 4.30. The molecule has 0 saturated carbocycles. The first-order valence-electron chi connectivity index (χ1n) is 6.46. The second-order valence-corrected chi connectivity index (χ2v) is 5.39. The predicted octanol–water partition coefficient (Wildman–Crippen LogP) is 3.36. The lowest BCUT2D eigenvalue weighted by Crippen LogP contribution is -2.23. The fourth-order valence-electron chi connectivity index (χ4n) is 2.59. The summed E-state index contributed by atoms with van der Waals surface area (Å²) in [6, 6.07) is 9.19. The fraction of sp³-hybridized carbons (Fsp3) is 0.429. The van der Waals surface area contributed by atoms with Gasteiger partial charge in [-0.2, -0.15) is 8.75 Å². The highest BCUT2D eigenvalue weighted by Crippen LogP contribution is 2.27. The summed E-state index contributed by atoms with van der Waals surface area (Å²) in [5.74, 6) is 0. The van der Waals surface area contributed by atoms with Gasteiger partial charge in [0.1, 0.15) is 5.69 Å². The second kappa shape index (κ2) is 5.16.